The maximum Gasteiger partial charge on any atom is 0.274 e. The summed E-state index contributed by atoms with van der Waals surface area (Å²) < 4.78 is 15.6. The third-order valence-electron chi connectivity index (χ3n) is 5.11. The van der Waals surface area contributed by atoms with E-state index in [2.05, 4.69) is 0 Å². The van der Waals surface area contributed by atoms with Crippen molar-refractivity contribution in [3.8, 4) is 5.75 Å². The Kier molecular flexibility index (Phi) is 6.00. The summed E-state index contributed by atoms with van der Waals surface area (Å²) in [4.78, 5) is 27.1. The molecule has 0 fully saturated rings. The Morgan fingerprint density at radius 2 is 2.14 bits per heavy atom. The summed E-state index contributed by atoms with van der Waals surface area (Å²) in [7, 11) is 0.477. The fourth-order valence-electron chi connectivity index (χ4n) is 3.62. The van der Waals surface area contributed by atoms with E-state index in [1.54, 1.807) is 39.6 Å². The highest BCUT2D eigenvalue weighted by molar-refractivity contribution is 8.08. The molecule has 1 N–H and O–H groups in total. The normalized spacial score (nSPS) is 19.2. The minimum atomic E-state index is -0.480. The first-order chi connectivity index (χ1) is 14.0. The second kappa shape index (κ2) is 8.50. The molecular formula is C20H19ClFN2O3PS. The number of benzene rings is 1. The fraction of sp³-hybridized carbons (Fsp3) is 0.300. The molecule has 0 bridgehead atoms. The summed E-state index contributed by atoms with van der Waals surface area (Å²) in [5, 5.41) is 12.8. The standard InChI is InChI=1S/C20H19ClFN2O3PS/c21-14-4-1-5-15(22)12(14)3-2-6-23-7-8-24-11-13(20-28-9-10-29-20)17(25)18(26)16(24)19(23)27/h1,4-5,9-11,20,26,28H,2-3,6-8H2. The molecule has 0 saturated heterocycles. The Labute approximate surface area is 178 Å². The van der Waals surface area contributed by atoms with E-state index in [0.717, 1.165) is 0 Å². The number of hydrogen-bond acceptors (Lipinski definition) is 4. The van der Waals surface area contributed by atoms with Gasteiger partial charge in [0.05, 0.1) is 4.99 Å². The second-order valence-corrected chi connectivity index (χ2v) is 9.97. The van der Waals surface area contributed by atoms with Crippen molar-refractivity contribution in [1.29, 1.82) is 0 Å². The van der Waals surface area contributed by atoms with E-state index in [9.17, 15) is 19.1 Å². The maximum atomic E-state index is 13.9. The van der Waals surface area contributed by atoms with Gasteiger partial charge in [-0.05, 0) is 30.4 Å². The highest BCUT2D eigenvalue weighted by Crippen LogP contribution is 2.50. The van der Waals surface area contributed by atoms with Crippen LogP contribution in [-0.4, -0.2) is 33.6 Å². The van der Waals surface area contributed by atoms with Crippen molar-refractivity contribution in [3.63, 3.8) is 0 Å². The molecule has 5 nitrogen and oxygen atoms in total. The van der Waals surface area contributed by atoms with Gasteiger partial charge in [0.25, 0.3) is 5.91 Å². The monoisotopic (exact) mass is 452 g/mol. The number of amides is 1. The Bertz CT molecular complexity index is 1030. The van der Waals surface area contributed by atoms with E-state index in [0.29, 0.717) is 57.2 Å². The zero-order chi connectivity index (χ0) is 20.5. The van der Waals surface area contributed by atoms with Gasteiger partial charge in [0.15, 0.2) is 11.4 Å². The topological polar surface area (TPSA) is 62.5 Å². The third-order valence-corrected chi connectivity index (χ3v) is 8.32. The van der Waals surface area contributed by atoms with Crippen LogP contribution in [0.25, 0.3) is 0 Å². The van der Waals surface area contributed by atoms with Gasteiger partial charge >= 0.3 is 0 Å². The lowest BCUT2D eigenvalue weighted by Crippen LogP contribution is -2.42. The first kappa shape index (κ1) is 20.5. The predicted octanol–water partition coefficient (Wildman–Crippen LogP) is 4.33. The smallest absolute Gasteiger partial charge is 0.274 e. The van der Waals surface area contributed by atoms with E-state index < -0.39 is 11.2 Å². The first-order valence-electron chi connectivity index (χ1n) is 9.22. The van der Waals surface area contributed by atoms with Crippen LogP contribution in [0.3, 0.4) is 0 Å². The lowest BCUT2D eigenvalue weighted by Gasteiger charge is -2.31. The van der Waals surface area contributed by atoms with Crippen molar-refractivity contribution in [3.05, 3.63) is 73.5 Å². The van der Waals surface area contributed by atoms with Crippen LogP contribution >= 0.6 is 31.9 Å². The van der Waals surface area contributed by atoms with Crippen molar-refractivity contribution in [2.75, 3.05) is 13.1 Å². The number of nitrogens with zero attached hydrogens (tertiary/aromatic N) is 2. The SMILES string of the molecule is O=C1c2c(O)c(=O)c(C3PC=CS3)cn2CCN1CCCc1c(F)cccc1Cl. The van der Waals surface area contributed by atoms with E-state index in [-0.39, 0.29) is 22.4 Å². The van der Waals surface area contributed by atoms with Gasteiger partial charge in [0, 0.05) is 42.0 Å². The minimum absolute atomic E-state index is 0.00449. The minimum Gasteiger partial charge on any atom is -0.503 e. The number of fused-ring (bicyclic) bond motifs is 1. The van der Waals surface area contributed by atoms with Gasteiger partial charge < -0.3 is 14.6 Å². The molecule has 2 aliphatic heterocycles. The zero-order valence-electron chi connectivity index (χ0n) is 15.4. The molecule has 0 spiro atoms. The zero-order valence-corrected chi connectivity index (χ0v) is 18.0. The number of thioether (sulfide) groups is 1. The Morgan fingerprint density at radius 1 is 1.31 bits per heavy atom. The summed E-state index contributed by atoms with van der Waals surface area (Å²) in [5.41, 5.74) is 0.535. The quantitative estimate of drug-likeness (QED) is 0.686. The largest absolute Gasteiger partial charge is 0.503 e. The van der Waals surface area contributed by atoms with E-state index in [4.69, 9.17) is 11.6 Å². The third kappa shape index (κ3) is 3.96. The molecule has 2 aromatic rings. The van der Waals surface area contributed by atoms with Crippen LogP contribution in [0.5, 0.6) is 5.75 Å². The van der Waals surface area contributed by atoms with Crippen molar-refractivity contribution in [2.24, 2.45) is 0 Å². The summed E-state index contributed by atoms with van der Waals surface area (Å²) in [6.45, 7) is 1.36. The van der Waals surface area contributed by atoms with Crippen molar-refractivity contribution in [1.82, 2.24) is 9.47 Å². The lowest BCUT2D eigenvalue weighted by molar-refractivity contribution is 0.0695. The molecule has 2 unspecified atom stereocenters. The highest BCUT2D eigenvalue weighted by atomic mass is 35.5. The number of aromatic hydroxyl groups is 1. The Hall–Kier alpha value is -1.82. The molecule has 1 aromatic heterocycles. The summed E-state index contributed by atoms with van der Waals surface area (Å²) in [5.74, 6) is 0.804. The summed E-state index contributed by atoms with van der Waals surface area (Å²) in [6.07, 6.45) is 2.64. The van der Waals surface area contributed by atoms with Crippen LogP contribution in [0.1, 0.15) is 33.0 Å². The molecule has 2 atom stereocenters. The van der Waals surface area contributed by atoms with Crippen LogP contribution < -0.4 is 5.43 Å². The molecule has 0 radical (unpaired) electrons. The van der Waals surface area contributed by atoms with Gasteiger partial charge in [-0.3, -0.25) is 9.59 Å². The first-order valence-corrected chi connectivity index (χ1v) is 11.7. The van der Waals surface area contributed by atoms with Crippen LogP contribution in [-0.2, 0) is 13.0 Å². The number of pyridine rings is 1. The molecule has 2 aliphatic rings. The number of aromatic nitrogens is 1. The van der Waals surface area contributed by atoms with E-state index >= 15 is 0 Å². The predicted molar refractivity (Wildman–Crippen MR) is 116 cm³/mol. The van der Waals surface area contributed by atoms with E-state index in [1.165, 1.54) is 6.07 Å². The maximum absolute atomic E-state index is 13.9. The molecule has 152 valence electrons. The second-order valence-electron chi connectivity index (χ2n) is 6.89. The molecule has 0 saturated carbocycles. The van der Waals surface area contributed by atoms with Crippen LogP contribution in [0, 0.1) is 5.82 Å². The molecule has 3 heterocycles. The van der Waals surface area contributed by atoms with Gasteiger partial charge in [-0.1, -0.05) is 32.1 Å². The van der Waals surface area contributed by atoms with Gasteiger partial charge in [-0.25, -0.2) is 4.39 Å². The van der Waals surface area contributed by atoms with E-state index in [1.807, 2.05) is 11.2 Å². The van der Waals surface area contributed by atoms with Gasteiger partial charge in [0.2, 0.25) is 5.43 Å². The molecule has 1 aromatic carbocycles. The fourth-order valence-corrected chi connectivity index (χ4v) is 6.32. The Morgan fingerprint density at radius 3 is 2.86 bits per heavy atom. The molecule has 29 heavy (non-hydrogen) atoms. The van der Waals surface area contributed by atoms with Crippen LogP contribution in [0.2, 0.25) is 5.02 Å². The number of carbonyl (C=O) groups excluding carboxylic acids is 1. The van der Waals surface area contributed by atoms with Crippen molar-refractivity contribution in [2.45, 2.75) is 24.4 Å². The molecule has 9 heteroatoms. The van der Waals surface area contributed by atoms with Crippen LogP contribution in [0.4, 0.5) is 4.39 Å². The van der Waals surface area contributed by atoms with Crippen molar-refractivity contribution >= 4 is 37.9 Å². The van der Waals surface area contributed by atoms with Gasteiger partial charge in [0.1, 0.15) is 5.82 Å². The number of halogens is 2. The van der Waals surface area contributed by atoms with Crippen molar-refractivity contribution < 1.29 is 14.3 Å². The molecular weight excluding hydrogens is 434 g/mol. The number of carbonyl (C=O) groups is 1. The molecule has 4 rings (SSSR count). The van der Waals surface area contributed by atoms with Gasteiger partial charge in [-0.2, -0.15) is 0 Å². The molecule has 1 amide bonds. The molecule has 0 aliphatic carbocycles. The number of rotatable bonds is 5. The summed E-state index contributed by atoms with van der Waals surface area (Å²) >= 11 is 7.61. The average molecular weight is 453 g/mol. The number of hydrogen-bond donors (Lipinski definition) is 1. The average Bonchev–Trinajstić information content (AvgIpc) is 3.23. The van der Waals surface area contributed by atoms with Crippen LogP contribution in [0.15, 0.2) is 40.4 Å². The summed E-state index contributed by atoms with van der Waals surface area (Å²) in [6, 6.07) is 4.56. The highest BCUT2D eigenvalue weighted by Gasteiger charge is 2.31. The van der Waals surface area contributed by atoms with Gasteiger partial charge in [-0.15, -0.1) is 11.8 Å². The Balaban J connectivity index is 1.50. The lowest BCUT2D eigenvalue weighted by atomic mass is 10.1.